The van der Waals surface area contributed by atoms with Crippen molar-refractivity contribution in [3.05, 3.63) is 0 Å². The quantitative estimate of drug-likeness (QED) is 0.790. The summed E-state index contributed by atoms with van der Waals surface area (Å²) >= 11 is 0. The number of amides is 1. The predicted molar refractivity (Wildman–Crippen MR) is 67.6 cm³/mol. The summed E-state index contributed by atoms with van der Waals surface area (Å²) in [6.07, 6.45) is 7.63. The largest absolute Gasteiger partial charge is 0.353 e. The molecule has 2 bridgehead atoms. The smallest absolute Gasteiger partial charge is 0.224 e. The second kappa shape index (κ2) is 4.60. The van der Waals surface area contributed by atoms with Crippen LogP contribution in [0.3, 0.4) is 0 Å². The van der Waals surface area contributed by atoms with Crippen LogP contribution in [-0.4, -0.2) is 37.0 Å². The highest BCUT2D eigenvalue weighted by Crippen LogP contribution is 2.44. The number of likely N-dealkylation sites (tertiary alicyclic amines) is 1. The second-order valence-corrected chi connectivity index (χ2v) is 6.39. The fraction of sp³-hybridized carbons (Fsp3) is 0.929. The van der Waals surface area contributed by atoms with Crippen LogP contribution in [0.4, 0.5) is 0 Å². The molecule has 3 fully saturated rings. The summed E-state index contributed by atoms with van der Waals surface area (Å²) in [6, 6.07) is 0.508. The monoisotopic (exact) mass is 236 g/mol. The lowest BCUT2D eigenvalue weighted by Crippen LogP contribution is -2.46. The summed E-state index contributed by atoms with van der Waals surface area (Å²) in [6.45, 7) is 2.10. The number of piperidine rings is 1. The molecule has 1 N–H and O–H groups in total. The third-order valence-electron chi connectivity index (χ3n) is 5.06. The van der Waals surface area contributed by atoms with Crippen molar-refractivity contribution in [3.8, 4) is 0 Å². The lowest BCUT2D eigenvalue weighted by molar-refractivity contribution is -0.127. The molecular formula is C14H24N2O. The molecule has 0 aromatic heterocycles. The molecule has 17 heavy (non-hydrogen) atoms. The lowest BCUT2D eigenvalue weighted by Gasteiger charge is -2.31. The van der Waals surface area contributed by atoms with Gasteiger partial charge in [-0.05, 0) is 57.5 Å². The summed E-state index contributed by atoms with van der Waals surface area (Å²) in [5.41, 5.74) is 0. The number of carbonyl (C=O) groups is 1. The van der Waals surface area contributed by atoms with E-state index in [-0.39, 0.29) is 5.92 Å². The standard InChI is InChI=1S/C14H24N2O/c1-16-6-2-3-12(9-16)14(17)15-13-8-10-4-5-11(13)7-10/h10-13H,2-9H2,1H3,(H,15,17)/t10-,11+,12?,13+/m0/s1. The van der Waals surface area contributed by atoms with Gasteiger partial charge < -0.3 is 10.2 Å². The Kier molecular flexibility index (Phi) is 3.12. The molecule has 0 aromatic carbocycles. The highest BCUT2D eigenvalue weighted by atomic mass is 16.2. The average molecular weight is 236 g/mol. The molecule has 1 heterocycles. The molecule has 4 atom stereocenters. The summed E-state index contributed by atoms with van der Waals surface area (Å²) in [4.78, 5) is 14.5. The molecule has 0 spiro atoms. The van der Waals surface area contributed by atoms with E-state index in [1.807, 2.05) is 0 Å². The van der Waals surface area contributed by atoms with Crippen molar-refractivity contribution in [3.63, 3.8) is 0 Å². The zero-order chi connectivity index (χ0) is 11.8. The van der Waals surface area contributed by atoms with E-state index in [2.05, 4.69) is 17.3 Å². The van der Waals surface area contributed by atoms with Gasteiger partial charge in [0.2, 0.25) is 5.91 Å². The van der Waals surface area contributed by atoms with Crippen LogP contribution in [0.5, 0.6) is 0 Å². The molecule has 3 heteroatoms. The summed E-state index contributed by atoms with van der Waals surface area (Å²) in [7, 11) is 2.12. The minimum atomic E-state index is 0.243. The third-order valence-corrected chi connectivity index (χ3v) is 5.06. The SMILES string of the molecule is CN1CCCC(C(=O)N[C@@H]2C[C@H]3CC[C@@H]2C3)C1. The number of fused-ring (bicyclic) bond motifs is 2. The van der Waals surface area contributed by atoms with Crippen molar-refractivity contribution in [2.24, 2.45) is 17.8 Å². The third kappa shape index (κ3) is 2.35. The summed E-state index contributed by atoms with van der Waals surface area (Å²) < 4.78 is 0. The van der Waals surface area contributed by atoms with E-state index in [9.17, 15) is 4.79 Å². The van der Waals surface area contributed by atoms with Crippen molar-refractivity contribution in [2.75, 3.05) is 20.1 Å². The molecule has 2 saturated carbocycles. The van der Waals surface area contributed by atoms with Gasteiger partial charge in [-0.3, -0.25) is 4.79 Å². The average Bonchev–Trinajstić information content (AvgIpc) is 2.91. The molecule has 3 aliphatic rings. The van der Waals surface area contributed by atoms with E-state index in [0.29, 0.717) is 11.9 Å². The van der Waals surface area contributed by atoms with E-state index in [4.69, 9.17) is 0 Å². The van der Waals surface area contributed by atoms with E-state index < -0.39 is 0 Å². The number of carbonyl (C=O) groups excluding carboxylic acids is 1. The first-order valence-corrected chi connectivity index (χ1v) is 7.21. The molecule has 0 radical (unpaired) electrons. The number of rotatable bonds is 2. The highest BCUT2D eigenvalue weighted by Gasteiger charge is 2.40. The first-order chi connectivity index (χ1) is 8.22. The van der Waals surface area contributed by atoms with Crippen LogP contribution in [0.15, 0.2) is 0 Å². The molecule has 3 rings (SSSR count). The molecule has 0 aromatic rings. The van der Waals surface area contributed by atoms with Crippen LogP contribution in [0, 0.1) is 17.8 Å². The van der Waals surface area contributed by atoms with Crippen LogP contribution >= 0.6 is 0 Å². The van der Waals surface area contributed by atoms with E-state index in [1.54, 1.807) is 0 Å². The number of nitrogens with one attached hydrogen (secondary N) is 1. The van der Waals surface area contributed by atoms with E-state index in [0.717, 1.165) is 31.3 Å². The molecule has 1 aliphatic heterocycles. The van der Waals surface area contributed by atoms with Crippen LogP contribution in [-0.2, 0) is 4.79 Å². The minimum absolute atomic E-state index is 0.243. The van der Waals surface area contributed by atoms with Crippen molar-refractivity contribution in [1.82, 2.24) is 10.2 Å². The van der Waals surface area contributed by atoms with Gasteiger partial charge in [-0.25, -0.2) is 0 Å². The Morgan fingerprint density at radius 2 is 2.12 bits per heavy atom. The Labute approximate surface area is 104 Å². The van der Waals surface area contributed by atoms with Gasteiger partial charge in [-0.1, -0.05) is 6.42 Å². The van der Waals surface area contributed by atoms with Gasteiger partial charge in [0.1, 0.15) is 0 Å². The van der Waals surface area contributed by atoms with E-state index in [1.165, 1.54) is 32.1 Å². The predicted octanol–water partition coefficient (Wildman–Crippen LogP) is 1.63. The van der Waals surface area contributed by atoms with Crippen LogP contribution in [0.2, 0.25) is 0 Å². The fourth-order valence-corrected chi connectivity index (χ4v) is 4.10. The van der Waals surface area contributed by atoms with Gasteiger partial charge in [0.05, 0.1) is 5.92 Å². The van der Waals surface area contributed by atoms with Crippen LogP contribution in [0.1, 0.15) is 38.5 Å². The molecule has 3 nitrogen and oxygen atoms in total. The Hall–Kier alpha value is -0.570. The number of hydrogen-bond donors (Lipinski definition) is 1. The maximum Gasteiger partial charge on any atom is 0.224 e. The van der Waals surface area contributed by atoms with Crippen LogP contribution < -0.4 is 5.32 Å². The second-order valence-electron chi connectivity index (χ2n) is 6.39. The topological polar surface area (TPSA) is 32.3 Å². The Balaban J connectivity index is 1.53. The van der Waals surface area contributed by atoms with Crippen molar-refractivity contribution < 1.29 is 4.79 Å². The van der Waals surface area contributed by atoms with Gasteiger partial charge >= 0.3 is 0 Å². The number of nitrogens with zero attached hydrogens (tertiary/aromatic N) is 1. The summed E-state index contributed by atoms with van der Waals surface area (Å²) in [5, 5.41) is 3.33. The summed E-state index contributed by atoms with van der Waals surface area (Å²) in [5.74, 6) is 2.28. The van der Waals surface area contributed by atoms with Crippen molar-refractivity contribution in [2.45, 2.75) is 44.6 Å². The maximum atomic E-state index is 12.2. The molecule has 2 aliphatic carbocycles. The lowest BCUT2D eigenvalue weighted by atomic mass is 9.93. The Morgan fingerprint density at radius 1 is 1.24 bits per heavy atom. The molecular weight excluding hydrogens is 212 g/mol. The van der Waals surface area contributed by atoms with Crippen molar-refractivity contribution in [1.29, 1.82) is 0 Å². The maximum absolute atomic E-state index is 12.2. The van der Waals surface area contributed by atoms with Gasteiger partial charge in [0.15, 0.2) is 0 Å². The zero-order valence-electron chi connectivity index (χ0n) is 10.8. The first-order valence-electron chi connectivity index (χ1n) is 7.21. The molecule has 96 valence electrons. The van der Waals surface area contributed by atoms with Gasteiger partial charge in [-0.15, -0.1) is 0 Å². The fourth-order valence-electron chi connectivity index (χ4n) is 4.10. The normalized spacial score (nSPS) is 41.7. The van der Waals surface area contributed by atoms with Gasteiger partial charge in [0.25, 0.3) is 0 Å². The van der Waals surface area contributed by atoms with E-state index >= 15 is 0 Å². The van der Waals surface area contributed by atoms with Crippen molar-refractivity contribution >= 4 is 5.91 Å². The number of hydrogen-bond acceptors (Lipinski definition) is 2. The zero-order valence-corrected chi connectivity index (χ0v) is 10.8. The first kappa shape index (κ1) is 11.5. The molecule has 1 amide bonds. The molecule has 1 saturated heterocycles. The Bertz CT molecular complexity index is 305. The highest BCUT2D eigenvalue weighted by molar-refractivity contribution is 5.79. The Morgan fingerprint density at radius 3 is 2.76 bits per heavy atom. The minimum Gasteiger partial charge on any atom is -0.353 e. The van der Waals surface area contributed by atoms with Gasteiger partial charge in [0, 0.05) is 12.6 Å². The van der Waals surface area contributed by atoms with Crippen LogP contribution in [0.25, 0.3) is 0 Å². The molecule has 1 unspecified atom stereocenters. The van der Waals surface area contributed by atoms with Gasteiger partial charge in [-0.2, -0.15) is 0 Å².